The van der Waals surface area contributed by atoms with Crippen LogP contribution in [0.5, 0.6) is 0 Å². The standard InChI is InChI=1S/C22H45N13O6/c1-11(36)15(18(39)34-14(19(40)41)7-4-10-32-22(28)29)35-17(38)13(6-3-9-31-21(26)27)33-16(37)12(23)5-2-8-30-20(24)25/h11-15,36H,2-10,23H2,1H3,(H,33,37)(H,34,39)(H,35,38)(H,40,41)(H4,24,25,30)(H4,26,27,31)(H4,28,29,32). The molecule has 0 aliphatic rings. The molecule has 0 aromatic rings. The van der Waals surface area contributed by atoms with E-state index in [2.05, 4.69) is 30.9 Å². The van der Waals surface area contributed by atoms with Crippen molar-refractivity contribution >= 4 is 41.6 Å². The van der Waals surface area contributed by atoms with Crippen LogP contribution in [0.3, 0.4) is 0 Å². The van der Waals surface area contributed by atoms with Crippen molar-refractivity contribution in [3.05, 3.63) is 0 Å². The summed E-state index contributed by atoms with van der Waals surface area (Å²) in [4.78, 5) is 61.7. The van der Waals surface area contributed by atoms with Crippen molar-refractivity contribution in [3.63, 3.8) is 0 Å². The Kier molecular flexibility index (Phi) is 17.5. The predicted octanol–water partition coefficient (Wildman–Crippen LogP) is -5.61. The number of nitrogens with two attached hydrogens (primary N) is 7. The highest BCUT2D eigenvalue weighted by atomic mass is 16.4. The molecular weight excluding hydrogens is 542 g/mol. The van der Waals surface area contributed by atoms with Gasteiger partial charge in [0.15, 0.2) is 17.9 Å². The minimum absolute atomic E-state index is 0.0249. The van der Waals surface area contributed by atoms with E-state index < -0.39 is 54.0 Å². The van der Waals surface area contributed by atoms with Gasteiger partial charge in [0.05, 0.1) is 12.1 Å². The molecule has 19 heteroatoms. The van der Waals surface area contributed by atoms with Gasteiger partial charge in [0, 0.05) is 19.6 Å². The zero-order valence-electron chi connectivity index (χ0n) is 23.2. The summed E-state index contributed by atoms with van der Waals surface area (Å²) in [5.41, 5.74) is 37.6. The van der Waals surface area contributed by atoms with Gasteiger partial charge >= 0.3 is 5.97 Å². The first-order chi connectivity index (χ1) is 19.1. The lowest BCUT2D eigenvalue weighted by molar-refractivity contribution is -0.143. The van der Waals surface area contributed by atoms with Gasteiger partial charge in [0.1, 0.15) is 18.1 Å². The monoisotopic (exact) mass is 587 g/mol. The topological polar surface area (TPSA) is 364 Å². The maximum atomic E-state index is 13.1. The molecule has 3 amide bonds. The zero-order valence-corrected chi connectivity index (χ0v) is 23.2. The number of nitrogens with zero attached hydrogens (tertiary/aromatic N) is 3. The highest BCUT2D eigenvalue weighted by Gasteiger charge is 2.32. The number of hydrogen-bond donors (Lipinski definition) is 12. The van der Waals surface area contributed by atoms with Gasteiger partial charge in [-0.05, 0) is 45.4 Å². The van der Waals surface area contributed by atoms with Crippen molar-refractivity contribution in [2.75, 3.05) is 19.6 Å². The molecular formula is C22H45N13O6. The van der Waals surface area contributed by atoms with E-state index in [9.17, 15) is 29.4 Å². The number of guanidine groups is 3. The number of aliphatic imine (C=N–C) groups is 3. The Hall–Kier alpha value is -4.39. The number of carbonyl (C=O) groups excluding carboxylic acids is 3. The number of rotatable bonds is 20. The molecule has 0 aliphatic heterocycles. The third kappa shape index (κ3) is 17.0. The molecule has 0 aromatic carbocycles. The van der Waals surface area contributed by atoms with E-state index >= 15 is 0 Å². The minimum atomic E-state index is -1.55. The van der Waals surface area contributed by atoms with Gasteiger partial charge in [-0.1, -0.05) is 0 Å². The van der Waals surface area contributed by atoms with E-state index in [1.54, 1.807) is 0 Å². The summed E-state index contributed by atoms with van der Waals surface area (Å²) >= 11 is 0. The summed E-state index contributed by atoms with van der Waals surface area (Å²) in [5, 5.41) is 26.9. The molecule has 0 spiro atoms. The van der Waals surface area contributed by atoms with Crippen LogP contribution in [0, 0.1) is 0 Å². The zero-order chi connectivity index (χ0) is 31.5. The third-order valence-electron chi connectivity index (χ3n) is 5.51. The van der Waals surface area contributed by atoms with E-state index in [-0.39, 0.29) is 69.6 Å². The molecule has 0 saturated heterocycles. The lowest BCUT2D eigenvalue weighted by Gasteiger charge is -2.26. The number of carboxylic acids is 1. The molecule has 0 aromatic heterocycles. The molecule has 0 radical (unpaired) electrons. The summed E-state index contributed by atoms with van der Waals surface area (Å²) in [5.74, 6) is -4.18. The number of aliphatic hydroxyl groups is 1. The van der Waals surface area contributed by atoms with Crippen LogP contribution in [-0.2, 0) is 19.2 Å². The largest absolute Gasteiger partial charge is 0.480 e. The van der Waals surface area contributed by atoms with E-state index in [1.165, 1.54) is 6.92 Å². The summed E-state index contributed by atoms with van der Waals surface area (Å²) in [6, 6.07) is -5.08. The Bertz CT molecular complexity index is 944. The molecule has 0 bridgehead atoms. The molecule has 5 atom stereocenters. The molecule has 19 nitrogen and oxygen atoms in total. The fraction of sp³-hybridized carbons (Fsp3) is 0.682. The van der Waals surface area contributed by atoms with Gasteiger partial charge in [0.2, 0.25) is 17.7 Å². The molecule has 234 valence electrons. The Labute approximate surface area is 237 Å². The molecule has 0 rings (SSSR count). The van der Waals surface area contributed by atoms with Gasteiger partial charge in [-0.3, -0.25) is 29.4 Å². The van der Waals surface area contributed by atoms with Crippen molar-refractivity contribution in [2.24, 2.45) is 55.1 Å². The van der Waals surface area contributed by atoms with Crippen molar-refractivity contribution in [2.45, 2.75) is 75.7 Å². The molecule has 0 heterocycles. The Morgan fingerprint density at radius 2 is 1.07 bits per heavy atom. The molecule has 0 saturated carbocycles. The predicted molar refractivity (Wildman–Crippen MR) is 153 cm³/mol. The molecule has 0 aliphatic carbocycles. The van der Waals surface area contributed by atoms with Crippen LogP contribution in [-0.4, -0.2) is 102 Å². The summed E-state index contributed by atoms with van der Waals surface area (Å²) in [7, 11) is 0. The quantitative estimate of drug-likeness (QED) is 0.0359. The van der Waals surface area contributed by atoms with Gasteiger partial charge in [-0.15, -0.1) is 0 Å². The second-order valence-corrected chi connectivity index (χ2v) is 9.14. The van der Waals surface area contributed by atoms with Crippen LogP contribution < -0.4 is 56.1 Å². The van der Waals surface area contributed by atoms with Crippen molar-refractivity contribution in [3.8, 4) is 0 Å². The first-order valence-electron chi connectivity index (χ1n) is 12.9. The Balaban J connectivity index is 5.50. The summed E-state index contributed by atoms with van der Waals surface area (Å²) in [6.07, 6.45) is -0.298. The van der Waals surface area contributed by atoms with E-state index in [4.69, 9.17) is 40.1 Å². The third-order valence-corrected chi connectivity index (χ3v) is 5.51. The van der Waals surface area contributed by atoms with Gasteiger partial charge in [-0.2, -0.15) is 0 Å². The fourth-order valence-electron chi connectivity index (χ4n) is 3.38. The maximum absolute atomic E-state index is 13.1. The number of amides is 3. The maximum Gasteiger partial charge on any atom is 0.326 e. The number of nitrogens with one attached hydrogen (secondary N) is 3. The number of hydrogen-bond acceptors (Lipinski definition) is 9. The second-order valence-electron chi connectivity index (χ2n) is 9.14. The average Bonchev–Trinajstić information content (AvgIpc) is 2.87. The van der Waals surface area contributed by atoms with Crippen LogP contribution >= 0.6 is 0 Å². The number of aliphatic hydroxyl groups excluding tert-OH is 1. The average molecular weight is 588 g/mol. The van der Waals surface area contributed by atoms with Crippen LogP contribution in [0.2, 0.25) is 0 Å². The van der Waals surface area contributed by atoms with Gasteiger partial charge in [-0.25, -0.2) is 4.79 Å². The van der Waals surface area contributed by atoms with Crippen molar-refractivity contribution in [1.82, 2.24) is 16.0 Å². The Morgan fingerprint density at radius 1 is 0.659 bits per heavy atom. The summed E-state index contributed by atoms with van der Waals surface area (Å²) in [6.45, 7) is 1.77. The lowest BCUT2D eigenvalue weighted by atomic mass is 10.1. The minimum Gasteiger partial charge on any atom is -0.480 e. The van der Waals surface area contributed by atoms with E-state index in [0.29, 0.717) is 6.42 Å². The van der Waals surface area contributed by atoms with Crippen molar-refractivity contribution in [1.29, 1.82) is 0 Å². The van der Waals surface area contributed by atoms with Crippen LogP contribution in [0.15, 0.2) is 15.0 Å². The highest BCUT2D eigenvalue weighted by Crippen LogP contribution is 2.05. The van der Waals surface area contributed by atoms with Gasteiger partial charge in [0.25, 0.3) is 0 Å². The molecule has 19 N–H and O–H groups in total. The SMILES string of the molecule is CC(O)C(NC(=O)C(CCCN=C(N)N)NC(=O)C(N)CCCN=C(N)N)C(=O)NC(CCCN=C(N)N)C(=O)O. The fourth-order valence-corrected chi connectivity index (χ4v) is 3.38. The van der Waals surface area contributed by atoms with Crippen LogP contribution in [0.4, 0.5) is 0 Å². The normalized spacial score (nSPS) is 14.2. The smallest absolute Gasteiger partial charge is 0.326 e. The number of carboxylic acid groups (broad SMARTS) is 1. The number of carbonyl (C=O) groups is 4. The number of aliphatic carboxylic acids is 1. The second kappa shape index (κ2) is 19.6. The molecule has 5 unspecified atom stereocenters. The first-order valence-corrected chi connectivity index (χ1v) is 12.9. The molecule has 41 heavy (non-hydrogen) atoms. The van der Waals surface area contributed by atoms with E-state index in [0.717, 1.165) is 0 Å². The Morgan fingerprint density at radius 3 is 1.49 bits per heavy atom. The highest BCUT2D eigenvalue weighted by molar-refractivity contribution is 5.94. The molecule has 0 fully saturated rings. The van der Waals surface area contributed by atoms with Crippen molar-refractivity contribution < 1.29 is 29.4 Å². The first kappa shape index (κ1) is 36.6. The summed E-state index contributed by atoms with van der Waals surface area (Å²) < 4.78 is 0. The van der Waals surface area contributed by atoms with E-state index in [1.807, 2.05) is 0 Å². The van der Waals surface area contributed by atoms with Gasteiger partial charge < -0.3 is 66.3 Å². The lowest BCUT2D eigenvalue weighted by Crippen LogP contribution is -2.59. The van der Waals surface area contributed by atoms with Crippen LogP contribution in [0.25, 0.3) is 0 Å². The van der Waals surface area contributed by atoms with Crippen LogP contribution in [0.1, 0.15) is 45.4 Å².